The molecule has 1 saturated carbocycles. The highest BCUT2D eigenvalue weighted by Crippen LogP contribution is 2.28. The van der Waals surface area contributed by atoms with E-state index in [2.05, 4.69) is 36.9 Å². The fourth-order valence-corrected chi connectivity index (χ4v) is 6.67. The lowest BCUT2D eigenvalue weighted by molar-refractivity contribution is -0.132. The Morgan fingerprint density at radius 2 is 1.58 bits per heavy atom. The molecule has 1 aliphatic carbocycles. The Morgan fingerprint density at radius 1 is 0.909 bits per heavy atom. The van der Waals surface area contributed by atoms with Crippen molar-refractivity contribution in [2.75, 3.05) is 37.6 Å². The van der Waals surface area contributed by atoms with Crippen molar-refractivity contribution in [3.8, 4) is 0 Å². The van der Waals surface area contributed by atoms with E-state index in [0.717, 1.165) is 45.2 Å². The van der Waals surface area contributed by atoms with Gasteiger partial charge in [-0.3, -0.25) is 4.79 Å². The molecule has 2 fully saturated rings. The van der Waals surface area contributed by atoms with Gasteiger partial charge in [-0.1, -0.05) is 49.6 Å². The van der Waals surface area contributed by atoms with Crippen LogP contribution >= 0.6 is 0 Å². The lowest BCUT2D eigenvalue weighted by Gasteiger charge is -2.39. The maximum Gasteiger partial charge on any atom is 0.243 e. The van der Waals surface area contributed by atoms with E-state index in [9.17, 15) is 13.2 Å². The molecule has 2 aromatic carbocycles. The van der Waals surface area contributed by atoms with Gasteiger partial charge in [-0.25, -0.2) is 8.42 Å². The third-order valence-electron chi connectivity index (χ3n) is 7.17. The van der Waals surface area contributed by atoms with Crippen LogP contribution in [-0.4, -0.2) is 62.3 Å². The fraction of sp³-hybridized carbons (Fsp3) is 0.500. The molecule has 1 saturated heterocycles. The highest BCUT2D eigenvalue weighted by molar-refractivity contribution is 7.89. The first kappa shape index (κ1) is 23.8. The van der Waals surface area contributed by atoms with Crippen LogP contribution in [0.4, 0.5) is 5.69 Å². The average Bonchev–Trinajstić information content (AvgIpc) is 2.85. The van der Waals surface area contributed by atoms with E-state index in [-0.39, 0.29) is 23.4 Å². The average molecular weight is 470 g/mol. The molecule has 178 valence electrons. The van der Waals surface area contributed by atoms with Gasteiger partial charge in [0.15, 0.2) is 0 Å². The third-order valence-corrected chi connectivity index (χ3v) is 9.08. The second-order valence-electron chi connectivity index (χ2n) is 9.24. The SMILES string of the molecule is Cc1cccc(N2CCN(C(=O)CN(C3CCCCC3)S(=O)(=O)c3ccccc3)CC2)c1C. The van der Waals surface area contributed by atoms with E-state index in [0.29, 0.717) is 13.1 Å². The highest BCUT2D eigenvalue weighted by atomic mass is 32.2. The van der Waals surface area contributed by atoms with Crippen molar-refractivity contribution in [3.05, 3.63) is 59.7 Å². The zero-order chi connectivity index (χ0) is 23.4. The number of carbonyl (C=O) groups excluding carboxylic acids is 1. The van der Waals surface area contributed by atoms with Crippen molar-refractivity contribution >= 4 is 21.6 Å². The molecule has 1 heterocycles. The Morgan fingerprint density at radius 3 is 2.24 bits per heavy atom. The first-order chi connectivity index (χ1) is 15.9. The molecule has 0 spiro atoms. The van der Waals surface area contributed by atoms with E-state index < -0.39 is 10.0 Å². The van der Waals surface area contributed by atoms with E-state index >= 15 is 0 Å². The number of benzene rings is 2. The van der Waals surface area contributed by atoms with Gasteiger partial charge in [0, 0.05) is 37.9 Å². The van der Waals surface area contributed by atoms with Crippen molar-refractivity contribution in [2.45, 2.75) is 56.9 Å². The number of sulfonamides is 1. The Labute approximate surface area is 198 Å². The summed E-state index contributed by atoms with van der Waals surface area (Å²) in [5.41, 5.74) is 3.76. The van der Waals surface area contributed by atoms with Gasteiger partial charge >= 0.3 is 0 Å². The molecule has 0 radical (unpaired) electrons. The molecule has 33 heavy (non-hydrogen) atoms. The van der Waals surface area contributed by atoms with E-state index in [1.807, 2.05) is 11.0 Å². The largest absolute Gasteiger partial charge is 0.368 e. The summed E-state index contributed by atoms with van der Waals surface area (Å²) in [5, 5.41) is 0. The lowest BCUT2D eigenvalue weighted by atomic mass is 9.95. The summed E-state index contributed by atoms with van der Waals surface area (Å²) in [6, 6.07) is 14.8. The van der Waals surface area contributed by atoms with Gasteiger partial charge in [-0.05, 0) is 56.0 Å². The smallest absolute Gasteiger partial charge is 0.243 e. The van der Waals surface area contributed by atoms with Gasteiger partial charge in [-0.15, -0.1) is 0 Å². The number of piperazine rings is 1. The summed E-state index contributed by atoms with van der Waals surface area (Å²) < 4.78 is 28.5. The van der Waals surface area contributed by atoms with E-state index in [4.69, 9.17) is 0 Å². The van der Waals surface area contributed by atoms with Gasteiger partial charge in [-0.2, -0.15) is 4.31 Å². The molecule has 0 unspecified atom stereocenters. The molecule has 1 aliphatic heterocycles. The topological polar surface area (TPSA) is 60.9 Å². The summed E-state index contributed by atoms with van der Waals surface area (Å²) in [5.74, 6) is -0.0966. The molecule has 7 heteroatoms. The first-order valence-electron chi connectivity index (χ1n) is 12.0. The van der Waals surface area contributed by atoms with E-state index in [1.165, 1.54) is 21.1 Å². The van der Waals surface area contributed by atoms with Crippen LogP contribution in [0.15, 0.2) is 53.4 Å². The standard InChI is InChI=1S/C26H35N3O3S/c1-21-10-9-15-25(22(21)2)27-16-18-28(19-17-27)26(30)20-29(23-11-5-3-6-12-23)33(31,32)24-13-7-4-8-14-24/h4,7-10,13-15,23H,3,5-6,11-12,16-20H2,1-2H3. The van der Waals surface area contributed by atoms with Gasteiger partial charge < -0.3 is 9.80 Å². The van der Waals surface area contributed by atoms with Crippen LogP contribution in [-0.2, 0) is 14.8 Å². The summed E-state index contributed by atoms with van der Waals surface area (Å²) in [6.07, 6.45) is 4.78. The summed E-state index contributed by atoms with van der Waals surface area (Å²) in [4.78, 5) is 17.7. The van der Waals surface area contributed by atoms with Crippen molar-refractivity contribution in [3.63, 3.8) is 0 Å². The minimum absolute atomic E-state index is 0.0780. The number of rotatable bonds is 6. The Hall–Kier alpha value is -2.38. The number of amides is 1. The fourth-order valence-electron chi connectivity index (χ4n) is 5.02. The molecule has 0 atom stereocenters. The van der Waals surface area contributed by atoms with Crippen molar-refractivity contribution < 1.29 is 13.2 Å². The maximum absolute atomic E-state index is 13.5. The van der Waals surface area contributed by atoms with Gasteiger partial charge in [0.1, 0.15) is 0 Å². The van der Waals surface area contributed by atoms with Crippen LogP contribution in [0.1, 0.15) is 43.2 Å². The summed E-state index contributed by atoms with van der Waals surface area (Å²) in [6.45, 7) is 6.90. The Balaban J connectivity index is 1.47. The van der Waals surface area contributed by atoms with Crippen LogP contribution in [0.25, 0.3) is 0 Å². The van der Waals surface area contributed by atoms with E-state index in [1.54, 1.807) is 24.3 Å². The van der Waals surface area contributed by atoms with Crippen LogP contribution < -0.4 is 4.90 Å². The molecule has 2 aromatic rings. The molecular formula is C26H35N3O3S. The van der Waals surface area contributed by atoms with Crippen LogP contribution in [0.5, 0.6) is 0 Å². The number of anilines is 1. The van der Waals surface area contributed by atoms with Crippen LogP contribution in [0.3, 0.4) is 0 Å². The summed E-state index contributed by atoms with van der Waals surface area (Å²) in [7, 11) is -3.72. The number of nitrogens with zero attached hydrogens (tertiary/aromatic N) is 3. The number of hydrogen-bond acceptors (Lipinski definition) is 4. The molecule has 0 aromatic heterocycles. The predicted octanol–water partition coefficient (Wildman–Crippen LogP) is 3.98. The number of carbonyl (C=O) groups is 1. The molecule has 0 N–H and O–H groups in total. The van der Waals surface area contributed by atoms with Crippen molar-refractivity contribution in [1.29, 1.82) is 0 Å². The highest BCUT2D eigenvalue weighted by Gasteiger charge is 2.35. The monoisotopic (exact) mass is 469 g/mol. The Bertz CT molecular complexity index is 1060. The molecule has 2 aliphatic rings. The zero-order valence-electron chi connectivity index (χ0n) is 19.7. The summed E-state index contributed by atoms with van der Waals surface area (Å²) >= 11 is 0. The third kappa shape index (κ3) is 5.25. The van der Waals surface area contributed by atoms with Crippen LogP contribution in [0, 0.1) is 13.8 Å². The predicted molar refractivity (Wildman–Crippen MR) is 132 cm³/mol. The normalized spacial score (nSPS) is 18.0. The molecule has 6 nitrogen and oxygen atoms in total. The maximum atomic E-state index is 13.5. The van der Waals surface area contributed by atoms with Gasteiger partial charge in [0.05, 0.1) is 11.4 Å². The quantitative estimate of drug-likeness (QED) is 0.642. The molecule has 0 bridgehead atoms. The lowest BCUT2D eigenvalue weighted by Crippen LogP contribution is -2.53. The minimum Gasteiger partial charge on any atom is -0.368 e. The van der Waals surface area contributed by atoms with Gasteiger partial charge in [0.25, 0.3) is 0 Å². The molecule has 4 rings (SSSR count). The van der Waals surface area contributed by atoms with Gasteiger partial charge in [0.2, 0.25) is 15.9 Å². The zero-order valence-corrected chi connectivity index (χ0v) is 20.6. The molecule has 1 amide bonds. The second-order valence-corrected chi connectivity index (χ2v) is 11.1. The van der Waals surface area contributed by atoms with Crippen molar-refractivity contribution in [2.24, 2.45) is 0 Å². The number of aryl methyl sites for hydroxylation is 1. The Kier molecular flexibility index (Phi) is 7.39. The minimum atomic E-state index is -3.72. The number of hydrogen-bond donors (Lipinski definition) is 0. The van der Waals surface area contributed by atoms with Crippen LogP contribution in [0.2, 0.25) is 0 Å². The van der Waals surface area contributed by atoms with Crippen molar-refractivity contribution in [1.82, 2.24) is 9.21 Å². The second kappa shape index (κ2) is 10.3. The first-order valence-corrected chi connectivity index (χ1v) is 13.5. The molecular weight excluding hydrogens is 434 g/mol.